The lowest BCUT2D eigenvalue weighted by atomic mass is 10.1. The van der Waals surface area contributed by atoms with E-state index in [1.54, 1.807) is 48.2 Å². The number of esters is 1. The summed E-state index contributed by atoms with van der Waals surface area (Å²) in [6.07, 6.45) is 1.42. The molecule has 166 valence electrons. The van der Waals surface area contributed by atoms with Gasteiger partial charge in [-0.15, -0.1) is 0 Å². The number of anilines is 1. The fraction of sp³-hybridized carbons (Fsp3) is 0.292. The minimum Gasteiger partial charge on any atom is -0.462 e. The number of carbonyl (C=O) groups excluding carboxylic acids is 2. The van der Waals surface area contributed by atoms with Crippen molar-refractivity contribution in [2.24, 2.45) is 0 Å². The second kappa shape index (κ2) is 11.0. The van der Waals surface area contributed by atoms with Crippen molar-refractivity contribution in [1.82, 2.24) is 10.2 Å². The van der Waals surface area contributed by atoms with Gasteiger partial charge in [0.1, 0.15) is 17.5 Å². The molecule has 0 aromatic heterocycles. The van der Waals surface area contributed by atoms with Crippen LogP contribution in [0.15, 0.2) is 60.3 Å². The van der Waals surface area contributed by atoms with Crippen LogP contribution < -0.4 is 10.2 Å². The Morgan fingerprint density at radius 1 is 1.09 bits per heavy atom. The molecule has 8 heteroatoms. The Morgan fingerprint density at radius 3 is 2.34 bits per heavy atom. The predicted molar refractivity (Wildman–Crippen MR) is 118 cm³/mol. The number of piperazine rings is 1. The van der Waals surface area contributed by atoms with Gasteiger partial charge in [-0.2, -0.15) is 5.26 Å². The van der Waals surface area contributed by atoms with E-state index >= 15 is 0 Å². The van der Waals surface area contributed by atoms with E-state index in [1.165, 1.54) is 18.3 Å². The molecule has 1 aliphatic heterocycles. The maximum Gasteiger partial charge on any atom is 0.338 e. The van der Waals surface area contributed by atoms with Crippen LogP contribution in [0.5, 0.6) is 0 Å². The number of nitriles is 1. The predicted octanol–water partition coefficient (Wildman–Crippen LogP) is 2.85. The first-order valence-electron chi connectivity index (χ1n) is 10.4. The van der Waals surface area contributed by atoms with Gasteiger partial charge < -0.3 is 19.9 Å². The van der Waals surface area contributed by atoms with Crippen molar-refractivity contribution in [3.63, 3.8) is 0 Å². The molecule has 1 heterocycles. The van der Waals surface area contributed by atoms with E-state index in [-0.39, 0.29) is 23.3 Å². The Hall–Kier alpha value is -3.86. The molecule has 1 saturated heterocycles. The molecule has 2 aromatic carbocycles. The lowest BCUT2D eigenvalue weighted by Crippen LogP contribution is -2.49. The molecule has 0 atom stereocenters. The zero-order valence-corrected chi connectivity index (χ0v) is 17.9. The monoisotopic (exact) mass is 436 g/mol. The standard InChI is InChI=1S/C24H25FN4O3/c1-2-32-24(31)19-5-3-18(4-6-19)16-27-17-20(15-26)23(30)29-13-11-28(12-14-29)22-9-7-21(25)8-10-22/h3-10,17,27H,2,11-14,16H2,1H3/b20-17-. The summed E-state index contributed by atoms with van der Waals surface area (Å²) >= 11 is 0. The fourth-order valence-electron chi connectivity index (χ4n) is 3.38. The zero-order valence-electron chi connectivity index (χ0n) is 17.9. The van der Waals surface area contributed by atoms with E-state index in [4.69, 9.17) is 4.74 Å². The highest BCUT2D eigenvalue weighted by Crippen LogP contribution is 2.17. The summed E-state index contributed by atoms with van der Waals surface area (Å²) in [6.45, 7) is 4.64. The van der Waals surface area contributed by atoms with Gasteiger partial charge in [-0.05, 0) is 48.9 Å². The number of amides is 1. The van der Waals surface area contributed by atoms with Gasteiger partial charge in [0.2, 0.25) is 0 Å². The number of carbonyl (C=O) groups is 2. The third kappa shape index (κ3) is 5.85. The molecule has 0 saturated carbocycles. The van der Waals surface area contributed by atoms with Gasteiger partial charge >= 0.3 is 5.97 Å². The molecule has 1 fully saturated rings. The second-order valence-electron chi connectivity index (χ2n) is 7.22. The molecular formula is C24H25FN4O3. The molecular weight excluding hydrogens is 411 g/mol. The molecule has 0 bridgehead atoms. The highest BCUT2D eigenvalue weighted by Gasteiger charge is 2.23. The molecule has 0 unspecified atom stereocenters. The fourth-order valence-corrected chi connectivity index (χ4v) is 3.38. The molecule has 2 aromatic rings. The minimum atomic E-state index is -0.371. The van der Waals surface area contributed by atoms with Crippen molar-refractivity contribution in [2.45, 2.75) is 13.5 Å². The average molecular weight is 436 g/mol. The summed E-state index contributed by atoms with van der Waals surface area (Å²) < 4.78 is 18.1. The van der Waals surface area contributed by atoms with Crippen LogP contribution in [0, 0.1) is 17.1 Å². The highest BCUT2D eigenvalue weighted by atomic mass is 19.1. The van der Waals surface area contributed by atoms with Gasteiger partial charge in [0.25, 0.3) is 5.91 Å². The maximum absolute atomic E-state index is 13.1. The summed E-state index contributed by atoms with van der Waals surface area (Å²) in [6, 6.07) is 15.2. The van der Waals surface area contributed by atoms with E-state index in [1.807, 2.05) is 6.07 Å². The van der Waals surface area contributed by atoms with Gasteiger partial charge in [0, 0.05) is 44.6 Å². The number of nitrogens with one attached hydrogen (secondary N) is 1. The van der Waals surface area contributed by atoms with Crippen LogP contribution in [0.25, 0.3) is 0 Å². The number of hydrogen-bond acceptors (Lipinski definition) is 6. The molecule has 3 rings (SSSR count). The Kier molecular flexibility index (Phi) is 7.81. The number of rotatable bonds is 7. The van der Waals surface area contributed by atoms with Crippen LogP contribution in [0.3, 0.4) is 0 Å². The normalized spacial score (nSPS) is 14.0. The topological polar surface area (TPSA) is 85.7 Å². The summed E-state index contributed by atoms with van der Waals surface area (Å²) in [4.78, 5) is 28.1. The first-order chi connectivity index (χ1) is 15.5. The average Bonchev–Trinajstić information content (AvgIpc) is 2.82. The lowest BCUT2D eigenvalue weighted by Gasteiger charge is -2.36. The van der Waals surface area contributed by atoms with Crippen molar-refractivity contribution < 1.29 is 18.7 Å². The van der Waals surface area contributed by atoms with Crippen LogP contribution in [0.4, 0.5) is 10.1 Å². The van der Waals surface area contributed by atoms with Crippen LogP contribution >= 0.6 is 0 Å². The summed E-state index contributed by atoms with van der Waals surface area (Å²) in [7, 11) is 0. The van der Waals surface area contributed by atoms with E-state index < -0.39 is 0 Å². The highest BCUT2D eigenvalue weighted by molar-refractivity contribution is 5.97. The number of nitrogens with zero attached hydrogens (tertiary/aromatic N) is 3. The van der Waals surface area contributed by atoms with Crippen molar-refractivity contribution in [1.29, 1.82) is 5.26 Å². The van der Waals surface area contributed by atoms with E-state index in [9.17, 15) is 19.2 Å². The smallest absolute Gasteiger partial charge is 0.338 e. The third-order valence-corrected chi connectivity index (χ3v) is 5.13. The van der Waals surface area contributed by atoms with Crippen LogP contribution in [-0.4, -0.2) is 49.6 Å². The quantitative estimate of drug-likeness (QED) is 0.408. The molecule has 1 amide bonds. The molecule has 1 N–H and O–H groups in total. The Labute approximate surface area is 186 Å². The largest absolute Gasteiger partial charge is 0.462 e. The first kappa shape index (κ1) is 22.8. The van der Waals surface area contributed by atoms with Crippen molar-refractivity contribution in [2.75, 3.05) is 37.7 Å². The van der Waals surface area contributed by atoms with Crippen LogP contribution in [-0.2, 0) is 16.1 Å². The van der Waals surface area contributed by atoms with Crippen LogP contribution in [0.1, 0.15) is 22.8 Å². The summed E-state index contributed by atoms with van der Waals surface area (Å²) in [5.74, 6) is -0.978. The van der Waals surface area contributed by atoms with Crippen molar-refractivity contribution >= 4 is 17.6 Å². The SMILES string of the molecule is CCOC(=O)c1ccc(CN/C=C(/C#N)C(=O)N2CCN(c3ccc(F)cc3)CC2)cc1. The van der Waals surface area contributed by atoms with E-state index in [2.05, 4.69) is 10.2 Å². The summed E-state index contributed by atoms with van der Waals surface area (Å²) in [5.41, 5.74) is 2.30. The number of benzene rings is 2. The van der Waals surface area contributed by atoms with Crippen LogP contribution in [0.2, 0.25) is 0 Å². The lowest BCUT2D eigenvalue weighted by molar-refractivity contribution is -0.127. The van der Waals surface area contributed by atoms with Gasteiger partial charge in [0.15, 0.2) is 0 Å². The first-order valence-corrected chi connectivity index (χ1v) is 10.4. The Morgan fingerprint density at radius 2 is 1.75 bits per heavy atom. The maximum atomic E-state index is 13.1. The van der Waals surface area contributed by atoms with Crippen molar-refractivity contribution in [3.05, 3.63) is 77.2 Å². The Bertz CT molecular complexity index is 1010. The zero-order chi connectivity index (χ0) is 22.9. The van der Waals surface area contributed by atoms with E-state index in [0.717, 1.165) is 11.3 Å². The molecule has 0 spiro atoms. The Balaban J connectivity index is 1.51. The van der Waals surface area contributed by atoms with Gasteiger partial charge in [-0.3, -0.25) is 4.79 Å². The minimum absolute atomic E-state index is 0.0309. The summed E-state index contributed by atoms with van der Waals surface area (Å²) in [5, 5.41) is 12.4. The van der Waals surface area contributed by atoms with Gasteiger partial charge in [-0.1, -0.05) is 12.1 Å². The number of hydrogen-bond donors (Lipinski definition) is 1. The molecule has 0 radical (unpaired) electrons. The second-order valence-corrected chi connectivity index (χ2v) is 7.22. The third-order valence-electron chi connectivity index (χ3n) is 5.13. The molecule has 1 aliphatic rings. The van der Waals surface area contributed by atoms with Gasteiger partial charge in [0.05, 0.1) is 12.2 Å². The van der Waals surface area contributed by atoms with E-state index in [0.29, 0.717) is 44.9 Å². The molecule has 7 nitrogen and oxygen atoms in total. The molecule has 32 heavy (non-hydrogen) atoms. The number of ether oxygens (including phenoxy) is 1. The number of halogens is 1. The van der Waals surface area contributed by atoms with Crippen molar-refractivity contribution in [3.8, 4) is 6.07 Å². The molecule has 0 aliphatic carbocycles. The van der Waals surface area contributed by atoms with Gasteiger partial charge in [-0.25, -0.2) is 9.18 Å².